The van der Waals surface area contributed by atoms with Gasteiger partial charge < -0.3 is 14.2 Å². The normalized spacial score (nSPS) is 10.1. The first kappa shape index (κ1) is 17.3. The van der Waals surface area contributed by atoms with E-state index >= 15 is 0 Å². The summed E-state index contributed by atoms with van der Waals surface area (Å²) in [6, 6.07) is 9.22. The maximum atomic E-state index is 12.3. The van der Waals surface area contributed by atoms with E-state index in [1.165, 1.54) is 32.4 Å². The molecule has 0 spiro atoms. The summed E-state index contributed by atoms with van der Waals surface area (Å²) in [4.78, 5) is 22.7. The molecule has 0 N–H and O–H groups in total. The third-order valence-corrected chi connectivity index (χ3v) is 3.38. The molecule has 2 rings (SSSR count). The number of nitro groups is 1. The van der Waals surface area contributed by atoms with E-state index in [1.54, 1.807) is 25.1 Å². The van der Waals surface area contributed by atoms with Gasteiger partial charge in [0.15, 0.2) is 29.6 Å². The van der Waals surface area contributed by atoms with Crippen LogP contribution in [-0.4, -0.2) is 31.5 Å². The van der Waals surface area contributed by atoms with Gasteiger partial charge in [0, 0.05) is 11.6 Å². The summed E-state index contributed by atoms with van der Waals surface area (Å²) in [5, 5.41) is 11.0. The quantitative estimate of drug-likeness (QED) is 0.440. The Kier molecular flexibility index (Phi) is 5.36. The SMILES string of the molecule is COc1ccc(C(=O)COc2cc(C)ccc2[N+](=O)[O-])cc1OC. The van der Waals surface area contributed by atoms with Crippen LogP contribution in [0.25, 0.3) is 0 Å². The smallest absolute Gasteiger partial charge is 0.310 e. The lowest BCUT2D eigenvalue weighted by molar-refractivity contribution is -0.385. The first-order valence-electron chi connectivity index (χ1n) is 7.09. The van der Waals surface area contributed by atoms with Crippen molar-refractivity contribution in [3.63, 3.8) is 0 Å². The van der Waals surface area contributed by atoms with Crippen LogP contribution in [0.1, 0.15) is 15.9 Å². The maximum Gasteiger partial charge on any atom is 0.310 e. The van der Waals surface area contributed by atoms with Gasteiger partial charge in [0.25, 0.3) is 0 Å². The summed E-state index contributed by atoms with van der Waals surface area (Å²) in [6.07, 6.45) is 0. The van der Waals surface area contributed by atoms with Gasteiger partial charge in [0.05, 0.1) is 19.1 Å². The van der Waals surface area contributed by atoms with Gasteiger partial charge in [0.2, 0.25) is 0 Å². The molecule has 7 nitrogen and oxygen atoms in total. The van der Waals surface area contributed by atoms with Crippen LogP contribution in [0, 0.1) is 17.0 Å². The Morgan fingerprint density at radius 3 is 2.38 bits per heavy atom. The van der Waals surface area contributed by atoms with Gasteiger partial charge in [-0.25, -0.2) is 0 Å². The lowest BCUT2D eigenvalue weighted by atomic mass is 10.1. The zero-order chi connectivity index (χ0) is 17.7. The molecule has 0 saturated carbocycles. The third kappa shape index (κ3) is 3.81. The fourth-order valence-corrected chi connectivity index (χ4v) is 2.12. The molecule has 0 aliphatic heterocycles. The van der Waals surface area contributed by atoms with E-state index in [-0.39, 0.29) is 23.8 Å². The van der Waals surface area contributed by atoms with E-state index < -0.39 is 4.92 Å². The molecule has 0 aromatic heterocycles. The van der Waals surface area contributed by atoms with Crippen molar-refractivity contribution in [2.75, 3.05) is 20.8 Å². The topological polar surface area (TPSA) is 87.9 Å². The van der Waals surface area contributed by atoms with Crippen LogP contribution in [0.3, 0.4) is 0 Å². The average molecular weight is 331 g/mol. The van der Waals surface area contributed by atoms with E-state index in [0.29, 0.717) is 17.1 Å². The minimum absolute atomic E-state index is 0.0637. The number of ether oxygens (including phenoxy) is 3. The van der Waals surface area contributed by atoms with Crippen LogP contribution in [0.15, 0.2) is 36.4 Å². The number of hydrogen-bond acceptors (Lipinski definition) is 6. The highest BCUT2D eigenvalue weighted by molar-refractivity contribution is 5.97. The number of benzene rings is 2. The molecule has 2 aromatic carbocycles. The molecule has 0 atom stereocenters. The number of ketones is 1. The molecule has 0 saturated heterocycles. The van der Waals surface area contributed by atoms with Crippen LogP contribution in [0.2, 0.25) is 0 Å². The predicted octanol–water partition coefficient (Wildman–Crippen LogP) is 3.18. The zero-order valence-corrected chi connectivity index (χ0v) is 13.6. The monoisotopic (exact) mass is 331 g/mol. The highest BCUT2D eigenvalue weighted by atomic mass is 16.6. The van der Waals surface area contributed by atoms with Crippen molar-refractivity contribution in [1.29, 1.82) is 0 Å². The van der Waals surface area contributed by atoms with E-state index in [9.17, 15) is 14.9 Å². The fourth-order valence-electron chi connectivity index (χ4n) is 2.12. The number of nitrogens with zero attached hydrogens (tertiary/aromatic N) is 1. The number of carbonyl (C=O) groups excluding carboxylic acids is 1. The average Bonchev–Trinajstić information content (AvgIpc) is 2.58. The van der Waals surface area contributed by atoms with E-state index in [4.69, 9.17) is 14.2 Å². The van der Waals surface area contributed by atoms with E-state index in [2.05, 4.69) is 0 Å². The number of aryl methyl sites for hydroxylation is 1. The second kappa shape index (κ2) is 7.45. The van der Waals surface area contributed by atoms with Crippen LogP contribution in [0.4, 0.5) is 5.69 Å². The number of methoxy groups -OCH3 is 2. The number of rotatable bonds is 7. The Balaban J connectivity index is 2.17. The van der Waals surface area contributed by atoms with Crippen molar-refractivity contribution in [2.45, 2.75) is 6.92 Å². The highest BCUT2D eigenvalue weighted by Crippen LogP contribution is 2.29. The van der Waals surface area contributed by atoms with Crippen molar-refractivity contribution in [3.05, 3.63) is 57.6 Å². The number of hydrogen-bond donors (Lipinski definition) is 0. The lowest BCUT2D eigenvalue weighted by Gasteiger charge is -2.10. The van der Waals surface area contributed by atoms with Gasteiger partial charge in [-0.15, -0.1) is 0 Å². The van der Waals surface area contributed by atoms with Gasteiger partial charge in [-0.05, 0) is 36.8 Å². The molecule has 7 heteroatoms. The summed E-state index contributed by atoms with van der Waals surface area (Å²) in [7, 11) is 2.97. The first-order chi connectivity index (χ1) is 11.5. The van der Waals surface area contributed by atoms with Crippen LogP contribution in [0.5, 0.6) is 17.2 Å². The molecule has 24 heavy (non-hydrogen) atoms. The van der Waals surface area contributed by atoms with Crippen molar-refractivity contribution in [2.24, 2.45) is 0 Å². The standard InChI is InChI=1S/C17H17NO6/c1-11-4-6-13(18(20)21)16(8-11)24-10-14(19)12-5-7-15(22-2)17(9-12)23-3/h4-9H,10H2,1-3H3. The molecule has 0 aliphatic carbocycles. The van der Waals surface area contributed by atoms with Gasteiger partial charge in [-0.2, -0.15) is 0 Å². The lowest BCUT2D eigenvalue weighted by Crippen LogP contribution is -2.12. The Labute approximate surface area is 138 Å². The largest absolute Gasteiger partial charge is 0.493 e. The van der Waals surface area contributed by atoms with E-state index in [0.717, 1.165) is 5.56 Å². The molecular weight excluding hydrogens is 314 g/mol. The summed E-state index contributed by atoms with van der Waals surface area (Å²) in [5.74, 6) is 0.662. The van der Waals surface area contributed by atoms with Gasteiger partial charge in [-0.1, -0.05) is 6.07 Å². The summed E-state index contributed by atoms with van der Waals surface area (Å²) in [6.45, 7) is 1.46. The van der Waals surface area contributed by atoms with Gasteiger partial charge in [-0.3, -0.25) is 14.9 Å². The second-order valence-corrected chi connectivity index (χ2v) is 5.01. The molecule has 0 radical (unpaired) electrons. The molecule has 0 heterocycles. The number of carbonyl (C=O) groups is 1. The summed E-state index contributed by atoms with van der Waals surface area (Å²) in [5.41, 5.74) is 0.984. The summed E-state index contributed by atoms with van der Waals surface area (Å²) >= 11 is 0. The van der Waals surface area contributed by atoms with Gasteiger partial charge >= 0.3 is 5.69 Å². The van der Waals surface area contributed by atoms with Crippen molar-refractivity contribution < 1.29 is 23.9 Å². The minimum Gasteiger partial charge on any atom is -0.493 e. The van der Waals surface area contributed by atoms with Crippen LogP contribution in [-0.2, 0) is 0 Å². The van der Waals surface area contributed by atoms with Crippen molar-refractivity contribution >= 4 is 11.5 Å². The second-order valence-electron chi connectivity index (χ2n) is 5.01. The fraction of sp³-hybridized carbons (Fsp3) is 0.235. The molecule has 126 valence electrons. The molecule has 0 aliphatic rings. The predicted molar refractivity (Wildman–Crippen MR) is 87.2 cm³/mol. The third-order valence-electron chi connectivity index (χ3n) is 3.38. The number of nitro benzene ring substituents is 1. The maximum absolute atomic E-state index is 12.3. The Morgan fingerprint density at radius 2 is 1.75 bits per heavy atom. The first-order valence-corrected chi connectivity index (χ1v) is 7.09. The summed E-state index contributed by atoms with van der Waals surface area (Å²) < 4.78 is 15.6. The molecule has 0 bridgehead atoms. The minimum atomic E-state index is -0.546. The van der Waals surface area contributed by atoms with Crippen LogP contribution >= 0.6 is 0 Å². The molecule has 0 amide bonds. The number of Topliss-reactive ketones (excluding diaryl/α,β-unsaturated/α-hetero) is 1. The van der Waals surface area contributed by atoms with Crippen molar-refractivity contribution in [1.82, 2.24) is 0 Å². The zero-order valence-electron chi connectivity index (χ0n) is 13.6. The molecule has 0 unspecified atom stereocenters. The molecule has 2 aromatic rings. The highest BCUT2D eigenvalue weighted by Gasteiger charge is 2.17. The molecule has 0 fully saturated rings. The van der Waals surface area contributed by atoms with Crippen LogP contribution < -0.4 is 14.2 Å². The molecular formula is C17H17NO6. The van der Waals surface area contributed by atoms with Gasteiger partial charge in [0.1, 0.15) is 0 Å². The van der Waals surface area contributed by atoms with E-state index in [1.807, 2.05) is 0 Å². The Bertz CT molecular complexity index is 772. The van der Waals surface area contributed by atoms with Crippen molar-refractivity contribution in [3.8, 4) is 17.2 Å². The Hall–Kier alpha value is -3.09. The Morgan fingerprint density at radius 1 is 1.04 bits per heavy atom.